The van der Waals surface area contributed by atoms with Crippen molar-refractivity contribution in [1.29, 1.82) is 0 Å². The summed E-state index contributed by atoms with van der Waals surface area (Å²) in [7, 11) is 1.56. The number of hydrogen-bond acceptors (Lipinski definition) is 1. The first-order valence-electron chi connectivity index (χ1n) is 5.11. The molecule has 76 valence electrons. The van der Waals surface area contributed by atoms with Crippen LogP contribution in [0.5, 0.6) is 0 Å². The van der Waals surface area contributed by atoms with E-state index in [1.807, 2.05) is 0 Å². The average Bonchev–Trinajstić information content (AvgIpc) is 2.24. The van der Waals surface area contributed by atoms with Crippen molar-refractivity contribution in [3.63, 3.8) is 0 Å². The van der Waals surface area contributed by atoms with E-state index in [0.29, 0.717) is 0 Å². The molecule has 1 aromatic rings. The normalized spacial score (nSPS) is 11.9. The van der Waals surface area contributed by atoms with Gasteiger partial charge in [-0.05, 0) is 12.0 Å². The highest BCUT2D eigenvalue weighted by Gasteiger charge is 1.93. The summed E-state index contributed by atoms with van der Waals surface area (Å²) < 4.78 is 5.11. The minimum absolute atomic E-state index is 0.212. The number of methoxy groups -OCH3 is 1. The lowest BCUT2D eigenvalue weighted by Crippen LogP contribution is -2.18. The molecule has 0 unspecified atom stereocenters. The maximum Gasteiger partial charge on any atom is 0.0848 e. The number of ether oxygens (including phenoxy) is 1. The first kappa shape index (κ1) is 11.2. The van der Waals surface area contributed by atoms with E-state index in [1.165, 1.54) is 10.8 Å². The highest BCUT2D eigenvalue weighted by atomic mass is 28.2. The van der Waals surface area contributed by atoms with Gasteiger partial charge in [0.15, 0.2) is 0 Å². The van der Waals surface area contributed by atoms with Gasteiger partial charge in [-0.3, -0.25) is 0 Å². The molecular weight excluding hydrogens is 188 g/mol. The summed E-state index contributed by atoms with van der Waals surface area (Å²) in [6, 6.07) is 8.76. The van der Waals surface area contributed by atoms with Crippen molar-refractivity contribution in [2.45, 2.75) is 13.3 Å². The van der Waals surface area contributed by atoms with Crippen LogP contribution in [0.15, 0.2) is 30.3 Å². The number of rotatable bonds is 5. The second-order valence-corrected chi connectivity index (χ2v) is 5.02. The Kier molecular flexibility index (Phi) is 5.26. The van der Waals surface area contributed by atoms with Crippen molar-refractivity contribution in [2.75, 3.05) is 13.3 Å². The quantitative estimate of drug-likeness (QED) is 0.664. The van der Waals surface area contributed by atoms with Crippen molar-refractivity contribution in [1.82, 2.24) is 0 Å². The van der Waals surface area contributed by atoms with Gasteiger partial charge in [-0.2, -0.15) is 0 Å². The van der Waals surface area contributed by atoms with E-state index in [1.54, 1.807) is 7.11 Å². The lowest BCUT2D eigenvalue weighted by molar-refractivity contribution is 0.252. The molecule has 2 heteroatoms. The second-order valence-electron chi connectivity index (χ2n) is 3.30. The van der Waals surface area contributed by atoms with Gasteiger partial charge in [0.05, 0.1) is 9.52 Å². The minimum atomic E-state index is -0.212. The van der Waals surface area contributed by atoms with Crippen molar-refractivity contribution < 1.29 is 4.74 Å². The molecule has 0 amide bonds. The summed E-state index contributed by atoms with van der Waals surface area (Å²) in [5, 5.41) is 1.48. The molecule has 1 nitrogen and oxygen atoms in total. The zero-order valence-electron chi connectivity index (χ0n) is 8.99. The van der Waals surface area contributed by atoms with Crippen LogP contribution in [0.1, 0.15) is 18.9 Å². The van der Waals surface area contributed by atoms with Crippen LogP contribution in [0.25, 0.3) is 6.08 Å². The molecule has 0 aliphatic rings. The Morgan fingerprint density at radius 2 is 2.29 bits per heavy atom. The van der Waals surface area contributed by atoms with E-state index in [-0.39, 0.29) is 9.52 Å². The van der Waals surface area contributed by atoms with Crippen LogP contribution in [0.2, 0.25) is 0 Å². The second kappa shape index (κ2) is 6.57. The van der Waals surface area contributed by atoms with Crippen LogP contribution in [-0.2, 0) is 4.74 Å². The molecule has 0 aliphatic carbocycles. The maximum atomic E-state index is 5.11. The fourth-order valence-electron chi connectivity index (χ4n) is 1.33. The van der Waals surface area contributed by atoms with E-state index in [4.69, 9.17) is 4.74 Å². The monoisotopic (exact) mass is 206 g/mol. The minimum Gasteiger partial charge on any atom is -0.388 e. The molecule has 14 heavy (non-hydrogen) atoms. The van der Waals surface area contributed by atoms with Crippen molar-refractivity contribution in [2.24, 2.45) is 0 Å². The van der Waals surface area contributed by atoms with Gasteiger partial charge in [-0.1, -0.05) is 48.5 Å². The molecule has 0 bridgehead atoms. The third-order valence-corrected chi connectivity index (χ3v) is 3.72. The zero-order chi connectivity index (χ0) is 10.2. The summed E-state index contributed by atoms with van der Waals surface area (Å²) in [5.74, 6) is 0. The molecule has 0 N–H and O–H groups in total. The predicted octanol–water partition coefficient (Wildman–Crippen LogP) is 1.51. The third-order valence-electron chi connectivity index (χ3n) is 2.09. The Morgan fingerprint density at radius 1 is 1.43 bits per heavy atom. The third kappa shape index (κ3) is 3.90. The fourth-order valence-corrected chi connectivity index (χ4v) is 2.45. The Morgan fingerprint density at radius 3 is 3.00 bits per heavy atom. The fraction of sp³-hybridized carbons (Fsp3) is 0.333. The molecule has 0 spiro atoms. The van der Waals surface area contributed by atoms with Crippen LogP contribution < -0.4 is 5.19 Å². The predicted molar refractivity (Wildman–Crippen MR) is 65.8 cm³/mol. The Labute approximate surface area is 88.6 Å². The van der Waals surface area contributed by atoms with E-state index in [9.17, 15) is 0 Å². The van der Waals surface area contributed by atoms with Gasteiger partial charge in [0.1, 0.15) is 0 Å². The van der Waals surface area contributed by atoms with Crippen molar-refractivity contribution in [3.05, 3.63) is 35.9 Å². The van der Waals surface area contributed by atoms with Gasteiger partial charge in [0.2, 0.25) is 0 Å². The summed E-state index contributed by atoms with van der Waals surface area (Å²) in [6.07, 6.45) is 6.41. The molecule has 0 heterocycles. The molecule has 1 rings (SSSR count). The highest BCUT2D eigenvalue weighted by Crippen LogP contribution is 2.00. The Hall–Kier alpha value is -0.863. The summed E-state index contributed by atoms with van der Waals surface area (Å²) in [5.41, 5.74) is 1.31. The summed E-state index contributed by atoms with van der Waals surface area (Å²) >= 11 is 0. The van der Waals surface area contributed by atoms with Gasteiger partial charge in [0.25, 0.3) is 0 Å². The van der Waals surface area contributed by atoms with Gasteiger partial charge in [0, 0.05) is 13.3 Å². The van der Waals surface area contributed by atoms with Crippen molar-refractivity contribution >= 4 is 20.8 Å². The molecule has 1 aromatic carbocycles. The lowest BCUT2D eigenvalue weighted by atomic mass is 10.2. The Bertz CT molecular complexity index is 294. The van der Waals surface area contributed by atoms with Gasteiger partial charge in [-0.25, -0.2) is 0 Å². The summed E-state index contributed by atoms with van der Waals surface area (Å²) in [4.78, 5) is 0. The van der Waals surface area contributed by atoms with Gasteiger partial charge < -0.3 is 4.74 Å². The molecule has 0 fully saturated rings. The average molecular weight is 206 g/mol. The Balaban J connectivity index is 2.63. The topological polar surface area (TPSA) is 9.23 Å². The van der Waals surface area contributed by atoms with Gasteiger partial charge in [-0.15, -0.1) is 0 Å². The smallest absolute Gasteiger partial charge is 0.0848 e. The van der Waals surface area contributed by atoms with Crippen molar-refractivity contribution in [3.8, 4) is 0 Å². The van der Waals surface area contributed by atoms with E-state index in [0.717, 1.165) is 12.7 Å². The van der Waals surface area contributed by atoms with Crippen LogP contribution in [0.4, 0.5) is 0 Å². The number of benzene rings is 1. The number of allylic oxidation sites excluding steroid dienone is 1. The first-order chi connectivity index (χ1) is 6.86. The maximum absolute atomic E-state index is 5.11. The van der Waals surface area contributed by atoms with Crippen LogP contribution in [-0.4, -0.2) is 22.9 Å². The highest BCUT2D eigenvalue weighted by molar-refractivity contribution is 6.53. The number of hydrogen-bond donors (Lipinski definition) is 0. The molecule has 0 aromatic heterocycles. The largest absolute Gasteiger partial charge is 0.388 e. The molecule has 0 atom stereocenters. The van der Waals surface area contributed by atoms with E-state index < -0.39 is 0 Å². The van der Waals surface area contributed by atoms with Gasteiger partial charge >= 0.3 is 0 Å². The zero-order valence-corrected chi connectivity index (χ0v) is 10.4. The first-order valence-corrected chi connectivity index (χ1v) is 6.82. The van der Waals surface area contributed by atoms with Crippen LogP contribution in [0.3, 0.4) is 0 Å². The summed E-state index contributed by atoms with van der Waals surface area (Å²) in [6.45, 7) is 2.15. The van der Waals surface area contributed by atoms with E-state index >= 15 is 0 Å². The van der Waals surface area contributed by atoms with E-state index in [2.05, 4.69) is 43.3 Å². The molecular formula is C12H18OSi. The molecule has 0 aliphatic heterocycles. The van der Waals surface area contributed by atoms with Crippen LogP contribution >= 0.6 is 0 Å². The molecule has 0 radical (unpaired) electrons. The van der Waals surface area contributed by atoms with Crippen LogP contribution in [0, 0.1) is 0 Å². The lowest BCUT2D eigenvalue weighted by Gasteiger charge is -2.00. The standard InChI is InChI=1S/C12H18OSi/c1-3-4-6-11-7-5-8-12(9-11)14-10-13-2/h4-9H,3,10,14H2,1-2H3. The SMILES string of the molecule is CCC=Cc1cccc([SiH2]COC)c1. The molecule has 0 saturated carbocycles. The molecule has 0 saturated heterocycles.